The monoisotopic (exact) mass is 462 g/mol. The van der Waals surface area contributed by atoms with Crippen molar-refractivity contribution in [2.45, 2.75) is 55.7 Å². The first kappa shape index (κ1) is 24.5. The van der Waals surface area contributed by atoms with Crippen molar-refractivity contribution in [2.75, 3.05) is 13.2 Å². The maximum Gasteiger partial charge on any atom is 0.416 e. The molecule has 176 valence electrons. The van der Waals surface area contributed by atoms with Gasteiger partial charge in [0.15, 0.2) is 0 Å². The van der Waals surface area contributed by atoms with E-state index < -0.39 is 53.3 Å². The molecule has 2 aromatic carbocycles. The molecule has 2 aromatic rings. The molecule has 1 aliphatic carbocycles. The first-order valence-corrected chi connectivity index (χ1v) is 10.2. The molecule has 1 unspecified atom stereocenters. The first-order chi connectivity index (χ1) is 14.9. The Balaban J connectivity index is 1.91. The standard InChI is InChI=1S/C23H24F6O3/c24-22(25,26)17-10-15(11-18(12-17)23(27,28)29)20(13-30)32-14-21(8-6-19(31)7-9-21)16-4-2-1-3-5-16/h1-5,10-12,19-20,30-31H,6-9,13-14H2. The van der Waals surface area contributed by atoms with Crippen molar-refractivity contribution in [1.82, 2.24) is 0 Å². The Morgan fingerprint density at radius 2 is 1.44 bits per heavy atom. The van der Waals surface area contributed by atoms with Gasteiger partial charge in [-0.05, 0) is 55.0 Å². The van der Waals surface area contributed by atoms with Crippen molar-refractivity contribution >= 4 is 0 Å². The molecule has 0 aromatic heterocycles. The highest BCUT2D eigenvalue weighted by Gasteiger charge is 2.39. The van der Waals surface area contributed by atoms with Gasteiger partial charge in [0.1, 0.15) is 6.10 Å². The van der Waals surface area contributed by atoms with Gasteiger partial charge in [0.2, 0.25) is 0 Å². The zero-order valence-corrected chi connectivity index (χ0v) is 17.1. The van der Waals surface area contributed by atoms with Gasteiger partial charge in [0.25, 0.3) is 0 Å². The lowest BCUT2D eigenvalue weighted by molar-refractivity contribution is -0.143. The van der Waals surface area contributed by atoms with E-state index in [9.17, 15) is 36.6 Å². The molecule has 0 aliphatic heterocycles. The largest absolute Gasteiger partial charge is 0.416 e. The lowest BCUT2D eigenvalue weighted by Gasteiger charge is -2.40. The summed E-state index contributed by atoms with van der Waals surface area (Å²) in [5, 5.41) is 19.7. The average Bonchev–Trinajstić information content (AvgIpc) is 2.75. The van der Waals surface area contributed by atoms with Crippen molar-refractivity contribution in [2.24, 2.45) is 0 Å². The zero-order chi connectivity index (χ0) is 23.6. The van der Waals surface area contributed by atoms with Crippen LogP contribution in [-0.2, 0) is 22.5 Å². The van der Waals surface area contributed by atoms with E-state index in [2.05, 4.69) is 0 Å². The Labute approximate surface area is 181 Å². The number of halogens is 6. The molecule has 1 aliphatic rings. The molecule has 1 saturated carbocycles. The van der Waals surface area contributed by atoms with Crippen molar-refractivity contribution in [3.8, 4) is 0 Å². The third-order valence-electron chi connectivity index (χ3n) is 6.01. The van der Waals surface area contributed by atoms with Crippen molar-refractivity contribution in [1.29, 1.82) is 0 Å². The molecule has 0 bridgehead atoms. The normalized spacial score (nSPS) is 23.2. The summed E-state index contributed by atoms with van der Waals surface area (Å²) in [5.74, 6) is 0. The molecule has 3 rings (SSSR count). The minimum atomic E-state index is -4.99. The lowest BCUT2D eigenvalue weighted by atomic mass is 9.69. The minimum Gasteiger partial charge on any atom is -0.393 e. The van der Waals surface area contributed by atoms with Crippen molar-refractivity contribution < 1.29 is 41.3 Å². The van der Waals surface area contributed by atoms with Crippen LogP contribution in [0.4, 0.5) is 26.3 Å². The van der Waals surface area contributed by atoms with Crippen LogP contribution in [0.2, 0.25) is 0 Å². The number of ether oxygens (including phenoxy) is 1. The summed E-state index contributed by atoms with van der Waals surface area (Å²) < 4.78 is 85.0. The molecule has 0 saturated heterocycles. The highest BCUT2D eigenvalue weighted by atomic mass is 19.4. The van der Waals surface area contributed by atoms with Crippen LogP contribution >= 0.6 is 0 Å². The summed E-state index contributed by atoms with van der Waals surface area (Å²) in [6.07, 6.45) is -9.77. The van der Waals surface area contributed by atoms with Gasteiger partial charge in [-0.25, -0.2) is 0 Å². The predicted octanol–water partition coefficient (Wildman–Crippen LogP) is 5.65. The van der Waals surface area contributed by atoms with E-state index in [1.165, 1.54) is 0 Å². The van der Waals surface area contributed by atoms with E-state index in [-0.39, 0.29) is 12.7 Å². The molecular weight excluding hydrogens is 438 g/mol. The van der Waals surface area contributed by atoms with Crippen LogP contribution in [0.1, 0.15) is 54.0 Å². The van der Waals surface area contributed by atoms with E-state index in [0.29, 0.717) is 37.8 Å². The molecule has 0 amide bonds. The van der Waals surface area contributed by atoms with Gasteiger partial charge in [0, 0.05) is 5.41 Å². The average molecular weight is 462 g/mol. The molecule has 0 radical (unpaired) electrons. The molecule has 0 spiro atoms. The summed E-state index contributed by atoms with van der Waals surface area (Å²) in [7, 11) is 0. The second-order valence-electron chi connectivity index (χ2n) is 8.20. The summed E-state index contributed by atoms with van der Waals surface area (Å²) in [6.45, 7) is -0.807. The quantitative estimate of drug-likeness (QED) is 0.546. The number of rotatable bonds is 6. The highest BCUT2D eigenvalue weighted by molar-refractivity contribution is 5.35. The van der Waals surface area contributed by atoms with Gasteiger partial charge >= 0.3 is 12.4 Å². The fraction of sp³-hybridized carbons (Fsp3) is 0.478. The van der Waals surface area contributed by atoms with Crippen LogP contribution in [0.25, 0.3) is 0 Å². The third-order valence-corrected chi connectivity index (χ3v) is 6.01. The van der Waals surface area contributed by atoms with E-state index >= 15 is 0 Å². The Kier molecular flexibility index (Phi) is 7.21. The summed E-state index contributed by atoms with van der Waals surface area (Å²) in [5.41, 5.74) is -2.97. The van der Waals surface area contributed by atoms with Crippen LogP contribution in [0.15, 0.2) is 48.5 Å². The van der Waals surface area contributed by atoms with Gasteiger partial charge in [-0.15, -0.1) is 0 Å². The van der Waals surface area contributed by atoms with Gasteiger partial charge < -0.3 is 14.9 Å². The van der Waals surface area contributed by atoms with Gasteiger partial charge in [-0.2, -0.15) is 26.3 Å². The van der Waals surface area contributed by atoms with Crippen molar-refractivity contribution in [3.05, 3.63) is 70.8 Å². The van der Waals surface area contributed by atoms with Gasteiger partial charge in [0.05, 0.1) is 30.4 Å². The topological polar surface area (TPSA) is 49.7 Å². The van der Waals surface area contributed by atoms with E-state index in [0.717, 1.165) is 5.56 Å². The van der Waals surface area contributed by atoms with Crippen molar-refractivity contribution in [3.63, 3.8) is 0 Å². The fourth-order valence-corrected chi connectivity index (χ4v) is 4.14. The number of hydrogen-bond donors (Lipinski definition) is 2. The Hall–Kier alpha value is -2.10. The Bertz CT molecular complexity index is 855. The molecular formula is C23H24F6O3. The van der Waals surface area contributed by atoms with Crippen LogP contribution < -0.4 is 0 Å². The minimum absolute atomic E-state index is 0.0213. The number of benzene rings is 2. The molecule has 1 atom stereocenters. The van der Waals surface area contributed by atoms with Crippen LogP contribution in [0, 0.1) is 0 Å². The van der Waals surface area contributed by atoms with E-state index in [4.69, 9.17) is 4.74 Å². The highest BCUT2D eigenvalue weighted by Crippen LogP contribution is 2.42. The smallest absolute Gasteiger partial charge is 0.393 e. The van der Waals surface area contributed by atoms with Crippen LogP contribution in [0.3, 0.4) is 0 Å². The Morgan fingerprint density at radius 3 is 1.91 bits per heavy atom. The lowest BCUT2D eigenvalue weighted by Crippen LogP contribution is -2.38. The molecule has 9 heteroatoms. The molecule has 0 heterocycles. The molecule has 32 heavy (non-hydrogen) atoms. The van der Waals surface area contributed by atoms with Gasteiger partial charge in [-0.1, -0.05) is 30.3 Å². The third kappa shape index (κ3) is 5.63. The summed E-state index contributed by atoms with van der Waals surface area (Å²) >= 11 is 0. The summed E-state index contributed by atoms with van der Waals surface area (Å²) in [6, 6.07) is 10.4. The molecule has 2 N–H and O–H groups in total. The number of hydrogen-bond acceptors (Lipinski definition) is 3. The molecule has 1 fully saturated rings. The fourth-order valence-electron chi connectivity index (χ4n) is 4.14. The van der Waals surface area contributed by atoms with E-state index in [1.54, 1.807) is 0 Å². The second-order valence-corrected chi connectivity index (χ2v) is 8.20. The maximum absolute atomic E-state index is 13.2. The first-order valence-electron chi connectivity index (χ1n) is 10.2. The number of aliphatic hydroxyl groups excluding tert-OH is 2. The van der Waals surface area contributed by atoms with Crippen LogP contribution in [0.5, 0.6) is 0 Å². The zero-order valence-electron chi connectivity index (χ0n) is 17.1. The Morgan fingerprint density at radius 1 is 0.906 bits per heavy atom. The summed E-state index contributed by atoms with van der Waals surface area (Å²) in [4.78, 5) is 0. The SMILES string of the molecule is OCC(OCC1(c2ccccc2)CCC(O)CC1)c1cc(C(F)(F)F)cc(C(F)(F)F)c1. The van der Waals surface area contributed by atoms with E-state index in [1.807, 2.05) is 30.3 Å². The predicted molar refractivity (Wildman–Crippen MR) is 105 cm³/mol. The van der Waals surface area contributed by atoms with Gasteiger partial charge in [-0.3, -0.25) is 0 Å². The molecule has 3 nitrogen and oxygen atoms in total. The maximum atomic E-state index is 13.2. The van der Waals surface area contributed by atoms with Crippen LogP contribution in [-0.4, -0.2) is 29.5 Å². The number of aliphatic hydroxyl groups is 2. The second kappa shape index (κ2) is 9.41. The number of alkyl halides is 6.